The predicted octanol–water partition coefficient (Wildman–Crippen LogP) is 2.93. The van der Waals surface area contributed by atoms with E-state index in [4.69, 9.17) is 13.9 Å². The number of carbonyl (C=O) groups excluding carboxylic acids is 1. The Balaban J connectivity index is 1.47. The van der Waals surface area contributed by atoms with Gasteiger partial charge in [-0.25, -0.2) is 27.3 Å². The molecule has 0 spiro atoms. The van der Waals surface area contributed by atoms with Gasteiger partial charge in [-0.3, -0.25) is 0 Å². The summed E-state index contributed by atoms with van der Waals surface area (Å²) in [5, 5.41) is 0.732. The Morgan fingerprint density at radius 1 is 1.11 bits per heavy atom. The van der Waals surface area contributed by atoms with E-state index in [0.29, 0.717) is 29.2 Å². The minimum absolute atomic E-state index is 0.0980. The molecule has 0 saturated heterocycles. The molecule has 35 heavy (non-hydrogen) atoms. The average molecular weight is 500 g/mol. The smallest absolute Gasteiger partial charge is 0.344 e. The minimum Gasteiger partial charge on any atom is -0.482 e. The summed E-state index contributed by atoms with van der Waals surface area (Å²) in [7, 11) is -0.665. The van der Waals surface area contributed by atoms with Gasteiger partial charge in [-0.05, 0) is 42.8 Å². The summed E-state index contributed by atoms with van der Waals surface area (Å²) in [6.45, 7) is 2.19. The van der Waals surface area contributed by atoms with Gasteiger partial charge in [0.2, 0.25) is 10.0 Å². The largest absolute Gasteiger partial charge is 0.482 e. The maximum Gasteiger partial charge on any atom is 0.344 e. The van der Waals surface area contributed by atoms with E-state index in [-0.39, 0.29) is 18.1 Å². The van der Waals surface area contributed by atoms with Gasteiger partial charge in [-0.1, -0.05) is 6.92 Å². The van der Waals surface area contributed by atoms with Gasteiger partial charge in [0.05, 0.1) is 15.9 Å². The lowest BCUT2D eigenvalue weighted by Crippen LogP contribution is -2.22. The van der Waals surface area contributed by atoms with Crippen molar-refractivity contribution in [1.29, 1.82) is 0 Å². The summed E-state index contributed by atoms with van der Waals surface area (Å²) in [4.78, 5) is 28.4. The summed E-state index contributed by atoms with van der Waals surface area (Å²) in [5.41, 5.74) is 1.13. The highest BCUT2D eigenvalue weighted by Gasteiger charge is 2.20. The molecule has 0 unspecified atom stereocenters. The summed E-state index contributed by atoms with van der Waals surface area (Å²) >= 11 is 0. The monoisotopic (exact) mass is 499 g/mol. The van der Waals surface area contributed by atoms with Crippen molar-refractivity contribution >= 4 is 38.0 Å². The molecule has 11 heteroatoms. The van der Waals surface area contributed by atoms with E-state index in [9.17, 15) is 18.0 Å². The van der Waals surface area contributed by atoms with Crippen LogP contribution in [0.15, 0.2) is 62.6 Å². The number of esters is 1. The number of aromatic nitrogens is 2. The Morgan fingerprint density at radius 3 is 2.63 bits per heavy atom. The number of imidazole rings is 1. The number of rotatable bonds is 9. The van der Waals surface area contributed by atoms with Crippen LogP contribution in [0.2, 0.25) is 0 Å². The molecule has 2 aromatic heterocycles. The highest BCUT2D eigenvalue weighted by Crippen LogP contribution is 2.23. The molecule has 4 aromatic rings. The molecule has 10 nitrogen and oxygen atoms in total. The zero-order valence-corrected chi connectivity index (χ0v) is 20.4. The van der Waals surface area contributed by atoms with E-state index in [1.165, 1.54) is 32.3 Å². The molecule has 0 saturated carbocycles. The van der Waals surface area contributed by atoms with Crippen LogP contribution in [-0.2, 0) is 32.7 Å². The number of aryl methyl sites for hydroxylation is 1. The zero-order valence-electron chi connectivity index (χ0n) is 19.6. The van der Waals surface area contributed by atoms with Crippen molar-refractivity contribution < 1.29 is 27.1 Å². The fraction of sp³-hybridized carbons (Fsp3) is 0.292. The molecule has 0 bridgehead atoms. The van der Waals surface area contributed by atoms with E-state index in [1.54, 1.807) is 30.3 Å². The van der Waals surface area contributed by atoms with Crippen LogP contribution in [0.25, 0.3) is 22.0 Å². The molecule has 2 heterocycles. The fourth-order valence-electron chi connectivity index (χ4n) is 3.57. The van der Waals surface area contributed by atoms with Crippen molar-refractivity contribution in [1.82, 2.24) is 13.9 Å². The number of nitrogens with zero attached hydrogens (tertiary/aromatic N) is 3. The Hall–Kier alpha value is -3.70. The fourth-order valence-corrected chi connectivity index (χ4v) is 4.50. The third kappa shape index (κ3) is 5.20. The van der Waals surface area contributed by atoms with Crippen LogP contribution in [0.1, 0.15) is 19.2 Å². The standard InChI is InChI=1S/C24H25N3O7S/c1-4-11-27-20-9-8-18(35(30,31)26(2)3)13-19(20)25-22(27)14-33-24(29)15-32-17-7-5-16-6-10-23(28)34-21(16)12-17/h5-10,12-13H,4,11,14-15H2,1-3H3. The first-order valence-electron chi connectivity index (χ1n) is 10.9. The summed E-state index contributed by atoms with van der Waals surface area (Å²) in [5.74, 6) is 0.254. The molecule has 0 aliphatic carbocycles. The van der Waals surface area contributed by atoms with Gasteiger partial charge in [0, 0.05) is 38.2 Å². The molecule has 0 N–H and O–H groups in total. The van der Waals surface area contributed by atoms with Crippen molar-refractivity contribution in [2.45, 2.75) is 31.4 Å². The Labute approximate surface area is 201 Å². The van der Waals surface area contributed by atoms with Gasteiger partial charge in [0.15, 0.2) is 6.61 Å². The first-order chi connectivity index (χ1) is 16.7. The third-order valence-electron chi connectivity index (χ3n) is 5.34. The number of hydrogen-bond donors (Lipinski definition) is 0. The lowest BCUT2D eigenvalue weighted by atomic mass is 10.2. The highest BCUT2D eigenvalue weighted by molar-refractivity contribution is 7.89. The normalized spacial score (nSPS) is 11.9. The molecule has 0 aliphatic rings. The van der Waals surface area contributed by atoms with Crippen LogP contribution in [0, 0.1) is 0 Å². The zero-order chi connectivity index (χ0) is 25.2. The molecular formula is C24H25N3O7S. The van der Waals surface area contributed by atoms with E-state index < -0.39 is 21.6 Å². The number of ether oxygens (including phenoxy) is 2. The molecule has 0 atom stereocenters. The maximum absolute atomic E-state index is 12.5. The van der Waals surface area contributed by atoms with Crippen LogP contribution in [0.4, 0.5) is 0 Å². The third-order valence-corrected chi connectivity index (χ3v) is 7.15. The number of hydrogen-bond acceptors (Lipinski definition) is 8. The molecule has 184 valence electrons. The quantitative estimate of drug-likeness (QED) is 0.255. The molecule has 0 aliphatic heterocycles. The van der Waals surface area contributed by atoms with Gasteiger partial charge < -0.3 is 18.5 Å². The Kier molecular flexibility index (Phi) is 6.90. The molecule has 0 radical (unpaired) electrons. The second-order valence-electron chi connectivity index (χ2n) is 8.02. The topological polar surface area (TPSA) is 121 Å². The van der Waals surface area contributed by atoms with Crippen LogP contribution in [0.3, 0.4) is 0 Å². The first-order valence-corrected chi connectivity index (χ1v) is 12.4. The van der Waals surface area contributed by atoms with Crippen molar-refractivity contribution in [3.05, 3.63) is 64.8 Å². The van der Waals surface area contributed by atoms with E-state index >= 15 is 0 Å². The van der Waals surface area contributed by atoms with Gasteiger partial charge in [-0.15, -0.1) is 0 Å². The molecule has 4 rings (SSSR count). The summed E-state index contributed by atoms with van der Waals surface area (Å²) in [6.07, 6.45) is 0.811. The maximum atomic E-state index is 12.5. The van der Waals surface area contributed by atoms with Crippen molar-refractivity contribution in [3.8, 4) is 5.75 Å². The highest BCUT2D eigenvalue weighted by atomic mass is 32.2. The van der Waals surface area contributed by atoms with Crippen molar-refractivity contribution in [2.24, 2.45) is 0 Å². The molecule has 2 aromatic carbocycles. The predicted molar refractivity (Wildman–Crippen MR) is 129 cm³/mol. The molecule has 0 amide bonds. The van der Waals surface area contributed by atoms with Crippen LogP contribution >= 0.6 is 0 Å². The second-order valence-corrected chi connectivity index (χ2v) is 10.2. The van der Waals surface area contributed by atoms with E-state index in [0.717, 1.165) is 21.6 Å². The number of sulfonamides is 1. The van der Waals surface area contributed by atoms with Gasteiger partial charge >= 0.3 is 11.6 Å². The molecular weight excluding hydrogens is 474 g/mol. The second kappa shape index (κ2) is 9.88. The summed E-state index contributed by atoms with van der Waals surface area (Å²) in [6, 6.07) is 12.6. The van der Waals surface area contributed by atoms with Crippen LogP contribution < -0.4 is 10.4 Å². The van der Waals surface area contributed by atoms with Gasteiger partial charge in [0.1, 0.15) is 23.8 Å². The number of carbonyl (C=O) groups is 1. The number of benzene rings is 2. The van der Waals surface area contributed by atoms with Crippen LogP contribution in [-0.4, -0.2) is 48.9 Å². The van der Waals surface area contributed by atoms with Gasteiger partial charge in [-0.2, -0.15) is 0 Å². The summed E-state index contributed by atoms with van der Waals surface area (Å²) < 4.78 is 44.0. The van der Waals surface area contributed by atoms with E-state index in [2.05, 4.69) is 4.98 Å². The Morgan fingerprint density at radius 2 is 1.89 bits per heavy atom. The SMILES string of the molecule is CCCn1c(COC(=O)COc2ccc3ccc(=O)oc3c2)nc2cc(S(=O)(=O)N(C)C)ccc21. The lowest BCUT2D eigenvalue weighted by molar-refractivity contribution is -0.147. The van der Waals surface area contributed by atoms with E-state index in [1.807, 2.05) is 11.5 Å². The average Bonchev–Trinajstić information content (AvgIpc) is 3.17. The van der Waals surface area contributed by atoms with Crippen molar-refractivity contribution in [3.63, 3.8) is 0 Å². The number of fused-ring (bicyclic) bond motifs is 2. The minimum atomic E-state index is -3.60. The lowest BCUT2D eigenvalue weighted by Gasteiger charge is -2.11. The van der Waals surface area contributed by atoms with Crippen molar-refractivity contribution in [2.75, 3.05) is 20.7 Å². The molecule has 0 fully saturated rings. The first kappa shape index (κ1) is 24.4. The van der Waals surface area contributed by atoms with Crippen LogP contribution in [0.5, 0.6) is 5.75 Å². The van der Waals surface area contributed by atoms with Gasteiger partial charge in [0.25, 0.3) is 0 Å². The Bertz CT molecular complexity index is 1550.